The molecule has 3 nitrogen and oxygen atoms in total. The van der Waals surface area contributed by atoms with Gasteiger partial charge in [0.15, 0.2) is 0 Å². The van der Waals surface area contributed by atoms with Crippen molar-refractivity contribution in [3.05, 3.63) is 102 Å². The number of alkyl halides is 2. The Hall–Kier alpha value is -3.47. The quantitative estimate of drug-likeness (QED) is 0.413. The molecule has 5 heteroatoms. The van der Waals surface area contributed by atoms with E-state index in [1.807, 2.05) is 67.6 Å². The molecule has 148 valence electrons. The van der Waals surface area contributed by atoms with Gasteiger partial charge in [-0.25, -0.2) is 0 Å². The summed E-state index contributed by atoms with van der Waals surface area (Å²) >= 11 is 0. The van der Waals surface area contributed by atoms with Gasteiger partial charge in [0.1, 0.15) is 5.75 Å². The van der Waals surface area contributed by atoms with Crippen LogP contribution in [0.3, 0.4) is 0 Å². The first-order valence-corrected chi connectivity index (χ1v) is 9.21. The Bertz CT molecular complexity index is 955. The lowest BCUT2D eigenvalue weighted by Gasteiger charge is -2.16. The number of hydrogen-bond donors (Lipinski definition) is 1. The fraction of sp³-hybridized carbons (Fsp3) is 0.125. The summed E-state index contributed by atoms with van der Waals surface area (Å²) in [6.07, 6.45) is 1.73. The predicted molar refractivity (Wildman–Crippen MR) is 110 cm³/mol. The highest BCUT2D eigenvalue weighted by atomic mass is 19.3. The van der Waals surface area contributed by atoms with Crippen molar-refractivity contribution in [3.8, 4) is 5.75 Å². The molecule has 3 aromatic rings. The standard InChI is InChI=1S/C24H21F2NO2/c1-17(19-8-4-2-5-9-19)27-23(28)22(20-10-6-3-7-11-20)16-18-12-14-21(15-13-18)29-24(25)26/h2-17,24H,1H3,(H,27,28)/b22-16+/t17-/m0/s1. The van der Waals surface area contributed by atoms with Gasteiger partial charge < -0.3 is 10.1 Å². The first-order chi connectivity index (χ1) is 14.0. The van der Waals surface area contributed by atoms with Crippen LogP contribution in [-0.4, -0.2) is 12.5 Å². The molecule has 0 saturated carbocycles. The van der Waals surface area contributed by atoms with E-state index in [2.05, 4.69) is 10.1 Å². The molecule has 0 heterocycles. The van der Waals surface area contributed by atoms with Crippen molar-refractivity contribution < 1.29 is 18.3 Å². The molecule has 0 aliphatic carbocycles. The summed E-state index contributed by atoms with van der Waals surface area (Å²) in [6.45, 7) is -0.951. The second kappa shape index (κ2) is 9.64. The van der Waals surface area contributed by atoms with Crippen LogP contribution in [0.4, 0.5) is 8.78 Å². The Morgan fingerprint density at radius 3 is 2.07 bits per heavy atom. The molecular formula is C24H21F2NO2. The van der Waals surface area contributed by atoms with Gasteiger partial charge in [0.05, 0.1) is 6.04 Å². The molecule has 1 atom stereocenters. The van der Waals surface area contributed by atoms with E-state index in [0.717, 1.165) is 11.1 Å². The van der Waals surface area contributed by atoms with Crippen LogP contribution < -0.4 is 10.1 Å². The van der Waals surface area contributed by atoms with E-state index in [1.165, 1.54) is 12.1 Å². The topological polar surface area (TPSA) is 38.3 Å². The van der Waals surface area contributed by atoms with Crippen molar-refractivity contribution in [1.82, 2.24) is 5.32 Å². The van der Waals surface area contributed by atoms with Crippen LogP contribution in [0.15, 0.2) is 84.9 Å². The van der Waals surface area contributed by atoms with Crippen LogP contribution in [0.25, 0.3) is 11.6 Å². The maximum absolute atomic E-state index is 13.0. The van der Waals surface area contributed by atoms with Crippen molar-refractivity contribution in [1.29, 1.82) is 0 Å². The van der Waals surface area contributed by atoms with Gasteiger partial charge in [-0.1, -0.05) is 72.8 Å². The van der Waals surface area contributed by atoms with Crippen molar-refractivity contribution in [3.63, 3.8) is 0 Å². The highest BCUT2D eigenvalue weighted by molar-refractivity contribution is 6.24. The highest BCUT2D eigenvalue weighted by Crippen LogP contribution is 2.22. The zero-order valence-electron chi connectivity index (χ0n) is 15.9. The van der Waals surface area contributed by atoms with Gasteiger partial charge in [-0.15, -0.1) is 0 Å². The van der Waals surface area contributed by atoms with Crippen LogP contribution >= 0.6 is 0 Å². The number of carbonyl (C=O) groups excluding carboxylic acids is 1. The summed E-state index contributed by atoms with van der Waals surface area (Å²) in [5.74, 6) is -0.152. The van der Waals surface area contributed by atoms with Gasteiger partial charge in [0.25, 0.3) is 5.91 Å². The van der Waals surface area contributed by atoms with E-state index >= 15 is 0 Å². The molecule has 1 N–H and O–H groups in total. The first-order valence-electron chi connectivity index (χ1n) is 9.21. The molecule has 0 saturated heterocycles. The Morgan fingerprint density at radius 2 is 1.48 bits per heavy atom. The van der Waals surface area contributed by atoms with E-state index in [0.29, 0.717) is 11.1 Å². The third-order valence-corrected chi connectivity index (χ3v) is 4.39. The third kappa shape index (κ3) is 5.75. The van der Waals surface area contributed by atoms with Gasteiger partial charge in [-0.2, -0.15) is 8.78 Å². The van der Waals surface area contributed by atoms with E-state index in [9.17, 15) is 13.6 Å². The lowest BCUT2D eigenvalue weighted by atomic mass is 10.0. The minimum atomic E-state index is -2.87. The Balaban J connectivity index is 1.87. The molecule has 0 fully saturated rings. The van der Waals surface area contributed by atoms with Crippen LogP contribution in [0.1, 0.15) is 29.7 Å². The average molecular weight is 393 g/mol. The lowest BCUT2D eigenvalue weighted by Crippen LogP contribution is -2.27. The van der Waals surface area contributed by atoms with Gasteiger partial charge in [0, 0.05) is 5.57 Å². The summed E-state index contributed by atoms with van der Waals surface area (Å²) in [6, 6.07) is 25.0. The average Bonchev–Trinajstić information content (AvgIpc) is 2.74. The van der Waals surface area contributed by atoms with E-state index < -0.39 is 6.61 Å². The van der Waals surface area contributed by atoms with E-state index in [1.54, 1.807) is 18.2 Å². The second-order valence-corrected chi connectivity index (χ2v) is 6.48. The van der Waals surface area contributed by atoms with Crippen LogP contribution in [0, 0.1) is 0 Å². The maximum atomic E-state index is 13.0. The summed E-state index contributed by atoms with van der Waals surface area (Å²) in [7, 11) is 0. The molecule has 1 amide bonds. The minimum absolute atomic E-state index is 0.0700. The smallest absolute Gasteiger partial charge is 0.387 e. The van der Waals surface area contributed by atoms with Crippen molar-refractivity contribution >= 4 is 17.6 Å². The monoisotopic (exact) mass is 393 g/mol. The summed E-state index contributed by atoms with van der Waals surface area (Å²) in [5, 5.41) is 3.02. The fourth-order valence-electron chi connectivity index (χ4n) is 2.91. The molecule has 3 rings (SSSR count). The molecule has 29 heavy (non-hydrogen) atoms. The number of carbonyl (C=O) groups is 1. The van der Waals surface area contributed by atoms with Crippen molar-refractivity contribution in [2.24, 2.45) is 0 Å². The molecular weight excluding hydrogens is 372 g/mol. The van der Waals surface area contributed by atoms with Gasteiger partial charge in [-0.3, -0.25) is 4.79 Å². The molecule has 0 bridgehead atoms. The molecule has 0 radical (unpaired) electrons. The number of ether oxygens (including phenoxy) is 1. The minimum Gasteiger partial charge on any atom is -0.435 e. The lowest BCUT2D eigenvalue weighted by molar-refractivity contribution is -0.116. The molecule has 0 spiro atoms. The summed E-state index contributed by atoms with van der Waals surface area (Å²) in [5.41, 5.74) is 2.95. The Kier molecular flexibility index (Phi) is 6.74. The van der Waals surface area contributed by atoms with Gasteiger partial charge in [-0.05, 0) is 41.8 Å². The maximum Gasteiger partial charge on any atom is 0.387 e. The normalized spacial score (nSPS) is 12.5. The molecule has 0 aromatic heterocycles. The molecule has 3 aromatic carbocycles. The first kappa shape index (κ1) is 20.3. The van der Waals surface area contributed by atoms with Crippen molar-refractivity contribution in [2.45, 2.75) is 19.6 Å². The zero-order chi connectivity index (χ0) is 20.6. The van der Waals surface area contributed by atoms with Gasteiger partial charge in [0.2, 0.25) is 0 Å². The number of benzene rings is 3. The largest absolute Gasteiger partial charge is 0.435 e. The fourth-order valence-corrected chi connectivity index (χ4v) is 2.91. The number of rotatable bonds is 7. The second-order valence-electron chi connectivity index (χ2n) is 6.48. The van der Waals surface area contributed by atoms with Gasteiger partial charge >= 0.3 is 6.61 Å². The number of amides is 1. The predicted octanol–water partition coefficient (Wildman–Crippen LogP) is 5.71. The van der Waals surface area contributed by atoms with Crippen LogP contribution in [-0.2, 0) is 4.79 Å². The summed E-state index contributed by atoms with van der Waals surface area (Å²) < 4.78 is 29.0. The van der Waals surface area contributed by atoms with Crippen molar-refractivity contribution in [2.75, 3.05) is 0 Å². The molecule has 0 aliphatic rings. The van der Waals surface area contributed by atoms with Crippen LogP contribution in [0.2, 0.25) is 0 Å². The SMILES string of the molecule is C[C@H](NC(=O)/C(=C/c1ccc(OC(F)F)cc1)c1ccccc1)c1ccccc1. The zero-order valence-corrected chi connectivity index (χ0v) is 15.9. The Morgan fingerprint density at radius 1 is 0.897 bits per heavy atom. The van der Waals surface area contributed by atoms with Crippen LogP contribution in [0.5, 0.6) is 5.75 Å². The third-order valence-electron chi connectivity index (χ3n) is 4.39. The molecule has 0 aliphatic heterocycles. The van der Waals surface area contributed by atoms with E-state index in [4.69, 9.17) is 0 Å². The highest BCUT2D eigenvalue weighted by Gasteiger charge is 2.15. The number of hydrogen-bond acceptors (Lipinski definition) is 2. The van der Waals surface area contributed by atoms with E-state index in [-0.39, 0.29) is 17.7 Å². The number of halogens is 2. The number of nitrogens with one attached hydrogen (secondary N) is 1. The summed E-state index contributed by atoms with van der Waals surface area (Å²) in [4.78, 5) is 13.0. The Labute approximate surface area is 168 Å². The molecule has 0 unspecified atom stereocenters.